The molecular weight excluding hydrogens is 255 g/mol. The van der Waals surface area contributed by atoms with Gasteiger partial charge in [0.05, 0.1) is 10.6 Å². The number of hydrogen-bond acceptors (Lipinski definition) is 3. The van der Waals surface area contributed by atoms with E-state index in [4.69, 9.17) is 5.73 Å². The van der Waals surface area contributed by atoms with Gasteiger partial charge in [0.2, 0.25) is 10.0 Å². The van der Waals surface area contributed by atoms with Crippen LogP contribution in [0.15, 0.2) is 23.1 Å². The molecule has 4 nitrogen and oxygen atoms in total. The van der Waals surface area contributed by atoms with Gasteiger partial charge in [-0.3, -0.25) is 0 Å². The van der Waals surface area contributed by atoms with Crippen LogP contribution < -0.4 is 5.73 Å². The number of sulfonamides is 1. The average molecular weight is 272 g/mol. The normalized spacial score (nSPS) is 20.2. The Morgan fingerprint density at radius 2 is 2.06 bits per heavy atom. The minimum Gasteiger partial charge on any atom is -0.396 e. The van der Waals surface area contributed by atoms with Gasteiger partial charge < -0.3 is 5.73 Å². The number of anilines is 1. The predicted molar refractivity (Wildman–Crippen MR) is 68.0 cm³/mol. The lowest BCUT2D eigenvalue weighted by Crippen LogP contribution is -2.42. The zero-order chi connectivity index (χ0) is 13.6. The van der Waals surface area contributed by atoms with Crippen molar-refractivity contribution in [2.24, 2.45) is 0 Å². The summed E-state index contributed by atoms with van der Waals surface area (Å²) in [6.45, 7) is 4.28. The topological polar surface area (TPSA) is 63.4 Å². The molecule has 0 amide bonds. The minimum absolute atomic E-state index is 0.0522. The molecule has 0 unspecified atom stereocenters. The Kier molecular flexibility index (Phi) is 3.11. The lowest BCUT2D eigenvalue weighted by molar-refractivity contribution is 0.291. The van der Waals surface area contributed by atoms with Gasteiger partial charge in [0.15, 0.2) is 0 Å². The third-order valence-electron chi connectivity index (χ3n) is 3.38. The van der Waals surface area contributed by atoms with Crippen molar-refractivity contribution in [2.45, 2.75) is 37.1 Å². The van der Waals surface area contributed by atoms with Gasteiger partial charge >= 0.3 is 0 Å². The molecule has 1 fully saturated rings. The molecule has 1 heterocycles. The summed E-state index contributed by atoms with van der Waals surface area (Å²) in [5.74, 6) is -0.602. The van der Waals surface area contributed by atoms with Crippen LogP contribution in [-0.4, -0.2) is 24.8 Å². The molecule has 0 aromatic heterocycles. The zero-order valence-corrected chi connectivity index (χ0v) is 11.3. The molecule has 1 aromatic carbocycles. The highest BCUT2D eigenvalue weighted by atomic mass is 32.2. The Hall–Kier alpha value is -1.14. The highest BCUT2D eigenvalue weighted by Crippen LogP contribution is 2.34. The third-order valence-corrected chi connectivity index (χ3v) is 5.49. The molecule has 18 heavy (non-hydrogen) atoms. The number of hydrogen-bond donors (Lipinski definition) is 1. The smallest absolute Gasteiger partial charge is 0.243 e. The first-order valence-corrected chi connectivity index (χ1v) is 7.27. The highest BCUT2D eigenvalue weighted by molar-refractivity contribution is 7.89. The summed E-state index contributed by atoms with van der Waals surface area (Å²) < 4.78 is 39.5. The fraction of sp³-hybridized carbons (Fsp3) is 0.500. The number of benzene rings is 1. The molecule has 0 spiro atoms. The highest BCUT2D eigenvalue weighted by Gasteiger charge is 2.40. The predicted octanol–water partition coefficient (Wildman–Crippen LogP) is 1.97. The van der Waals surface area contributed by atoms with Crippen molar-refractivity contribution >= 4 is 15.7 Å². The second-order valence-corrected chi connectivity index (χ2v) is 7.04. The fourth-order valence-electron chi connectivity index (χ4n) is 2.34. The maximum absolute atomic E-state index is 13.1. The summed E-state index contributed by atoms with van der Waals surface area (Å²) in [5, 5.41) is 0. The zero-order valence-electron chi connectivity index (χ0n) is 10.5. The van der Waals surface area contributed by atoms with Crippen molar-refractivity contribution in [3.8, 4) is 0 Å². The van der Waals surface area contributed by atoms with E-state index in [2.05, 4.69) is 0 Å². The molecule has 1 aliphatic heterocycles. The van der Waals surface area contributed by atoms with Crippen molar-refractivity contribution in [3.63, 3.8) is 0 Å². The molecule has 1 aliphatic rings. The van der Waals surface area contributed by atoms with E-state index in [-0.39, 0.29) is 10.6 Å². The molecule has 0 atom stereocenters. The van der Waals surface area contributed by atoms with Crippen molar-refractivity contribution in [2.75, 3.05) is 12.3 Å². The first-order valence-electron chi connectivity index (χ1n) is 5.83. The average Bonchev–Trinajstić information content (AvgIpc) is 2.62. The second-order valence-electron chi connectivity index (χ2n) is 5.18. The van der Waals surface area contributed by atoms with Crippen LogP contribution in [0.5, 0.6) is 0 Å². The standard InChI is InChI=1S/C12H17FN2O2S/c1-12(2)6-3-7-15(12)18(16,17)9-4-5-10(13)11(14)8-9/h4-5,8H,3,6-7,14H2,1-2H3. The Morgan fingerprint density at radius 3 is 2.56 bits per heavy atom. The lowest BCUT2D eigenvalue weighted by atomic mass is 10.0. The Balaban J connectivity index is 2.45. The summed E-state index contributed by atoms with van der Waals surface area (Å²) in [4.78, 5) is 0.0522. The maximum atomic E-state index is 13.1. The lowest BCUT2D eigenvalue weighted by Gasteiger charge is -2.30. The Labute approximate surface area is 107 Å². The van der Waals surface area contributed by atoms with Crippen molar-refractivity contribution in [3.05, 3.63) is 24.0 Å². The summed E-state index contributed by atoms with van der Waals surface area (Å²) in [6.07, 6.45) is 1.66. The molecule has 0 bridgehead atoms. The Morgan fingerprint density at radius 1 is 1.39 bits per heavy atom. The van der Waals surface area contributed by atoms with E-state index in [0.717, 1.165) is 18.9 Å². The summed E-state index contributed by atoms with van der Waals surface area (Å²) in [5.41, 5.74) is 4.88. The van der Waals surface area contributed by atoms with E-state index in [1.807, 2.05) is 13.8 Å². The molecule has 2 N–H and O–H groups in total. The van der Waals surface area contributed by atoms with Gasteiger partial charge in [-0.1, -0.05) is 0 Å². The van der Waals surface area contributed by atoms with Gasteiger partial charge in [-0.2, -0.15) is 4.31 Å². The van der Waals surface area contributed by atoms with Gasteiger partial charge in [-0.25, -0.2) is 12.8 Å². The first kappa shape index (κ1) is 13.3. The van der Waals surface area contributed by atoms with Gasteiger partial charge in [0.25, 0.3) is 0 Å². The summed E-state index contributed by atoms with van der Waals surface area (Å²) in [6, 6.07) is 3.53. The number of halogens is 1. The number of nitrogen functional groups attached to an aromatic ring is 1. The largest absolute Gasteiger partial charge is 0.396 e. The van der Waals surface area contributed by atoms with Gasteiger partial charge in [-0.15, -0.1) is 0 Å². The van der Waals surface area contributed by atoms with Crippen LogP contribution in [0.25, 0.3) is 0 Å². The summed E-state index contributed by atoms with van der Waals surface area (Å²) >= 11 is 0. The Bertz CT molecular complexity index is 569. The van der Waals surface area contributed by atoms with Crippen LogP contribution in [0, 0.1) is 5.82 Å². The molecule has 1 saturated heterocycles. The number of nitrogens with zero attached hydrogens (tertiary/aromatic N) is 1. The van der Waals surface area contributed by atoms with Crippen LogP contribution in [0.2, 0.25) is 0 Å². The minimum atomic E-state index is -3.60. The molecule has 0 saturated carbocycles. The van der Waals surface area contributed by atoms with Crippen molar-refractivity contribution in [1.29, 1.82) is 0 Å². The summed E-state index contributed by atoms with van der Waals surface area (Å²) in [7, 11) is -3.60. The van der Waals surface area contributed by atoms with Gasteiger partial charge in [0, 0.05) is 12.1 Å². The molecule has 1 aromatic rings. The first-order chi connectivity index (χ1) is 8.25. The third kappa shape index (κ3) is 2.10. The van der Waals surface area contributed by atoms with Crippen LogP contribution >= 0.6 is 0 Å². The van der Waals surface area contributed by atoms with Gasteiger partial charge in [0.1, 0.15) is 5.82 Å². The van der Waals surface area contributed by atoms with Crippen molar-refractivity contribution in [1.82, 2.24) is 4.31 Å². The van der Waals surface area contributed by atoms with Gasteiger partial charge in [-0.05, 0) is 44.9 Å². The van der Waals surface area contributed by atoms with E-state index in [1.165, 1.54) is 16.4 Å². The van der Waals surface area contributed by atoms with E-state index in [9.17, 15) is 12.8 Å². The molecule has 0 aliphatic carbocycles. The van der Waals surface area contributed by atoms with Crippen LogP contribution in [0.4, 0.5) is 10.1 Å². The second kappa shape index (κ2) is 4.20. The van der Waals surface area contributed by atoms with E-state index in [0.29, 0.717) is 6.54 Å². The van der Waals surface area contributed by atoms with E-state index in [1.54, 1.807) is 0 Å². The molecule has 6 heteroatoms. The van der Waals surface area contributed by atoms with E-state index >= 15 is 0 Å². The maximum Gasteiger partial charge on any atom is 0.243 e. The monoisotopic (exact) mass is 272 g/mol. The van der Waals surface area contributed by atoms with E-state index < -0.39 is 21.4 Å². The number of rotatable bonds is 2. The molecule has 0 radical (unpaired) electrons. The van der Waals surface area contributed by atoms with Crippen molar-refractivity contribution < 1.29 is 12.8 Å². The SMILES string of the molecule is CC1(C)CCCN1S(=O)(=O)c1ccc(F)c(N)c1. The van der Waals surface area contributed by atoms with Crippen LogP contribution in [-0.2, 0) is 10.0 Å². The molecule has 2 rings (SSSR count). The van der Waals surface area contributed by atoms with Crippen LogP contribution in [0.3, 0.4) is 0 Å². The number of nitrogens with two attached hydrogens (primary N) is 1. The molecular formula is C12H17FN2O2S. The fourth-order valence-corrected chi connectivity index (χ4v) is 4.22. The molecule has 100 valence electrons. The van der Waals surface area contributed by atoms with Crippen LogP contribution in [0.1, 0.15) is 26.7 Å². The quantitative estimate of drug-likeness (QED) is 0.837.